The zero-order valence-electron chi connectivity index (χ0n) is 16.9. The highest BCUT2D eigenvalue weighted by Gasteiger charge is 2.15. The van der Waals surface area contributed by atoms with E-state index in [9.17, 15) is 4.79 Å². The van der Waals surface area contributed by atoms with Gasteiger partial charge in [0.05, 0.1) is 28.0 Å². The highest BCUT2D eigenvalue weighted by atomic mass is 35.5. The second-order valence-electron chi connectivity index (χ2n) is 7.20. The second-order valence-corrected chi connectivity index (χ2v) is 7.64. The minimum Gasteiger partial charge on any atom is -0.423 e. The largest absolute Gasteiger partial charge is 0.423 e. The van der Waals surface area contributed by atoms with E-state index in [4.69, 9.17) is 26.3 Å². The molecule has 4 aromatic carbocycles. The first-order valence-corrected chi connectivity index (χ1v) is 10.5. The Kier molecular flexibility index (Phi) is 5.36. The number of benzene rings is 4. The van der Waals surface area contributed by atoms with E-state index in [1.54, 1.807) is 36.4 Å². The number of halogens is 1. The summed E-state index contributed by atoms with van der Waals surface area (Å²) >= 11 is 5.98. The first-order chi connectivity index (χ1) is 15.7. The van der Waals surface area contributed by atoms with Crippen molar-refractivity contribution >= 4 is 28.6 Å². The SMILES string of the molecule is O=C(Oc1ccc2nc(-c3ccccc3)c(-c3ccccc3)nc2c1)c1cccc(Cl)c1. The fourth-order valence-electron chi connectivity index (χ4n) is 3.47. The van der Waals surface area contributed by atoms with Crippen LogP contribution in [-0.4, -0.2) is 15.9 Å². The summed E-state index contributed by atoms with van der Waals surface area (Å²) < 4.78 is 5.56. The monoisotopic (exact) mass is 436 g/mol. The summed E-state index contributed by atoms with van der Waals surface area (Å²) in [6.07, 6.45) is 0. The molecule has 5 rings (SSSR count). The van der Waals surface area contributed by atoms with Gasteiger partial charge >= 0.3 is 5.97 Å². The van der Waals surface area contributed by atoms with Crippen LogP contribution < -0.4 is 4.74 Å². The van der Waals surface area contributed by atoms with Crippen LogP contribution in [0.5, 0.6) is 5.75 Å². The fraction of sp³-hybridized carbons (Fsp3) is 0. The van der Waals surface area contributed by atoms with Crippen LogP contribution in [0, 0.1) is 0 Å². The van der Waals surface area contributed by atoms with Crippen molar-refractivity contribution < 1.29 is 9.53 Å². The third-order valence-corrected chi connectivity index (χ3v) is 5.24. The molecule has 0 unspecified atom stereocenters. The topological polar surface area (TPSA) is 52.1 Å². The minimum atomic E-state index is -0.482. The lowest BCUT2D eigenvalue weighted by molar-refractivity contribution is 0.0735. The molecule has 154 valence electrons. The van der Waals surface area contributed by atoms with Crippen LogP contribution >= 0.6 is 11.6 Å². The Morgan fingerprint density at radius 2 is 1.28 bits per heavy atom. The van der Waals surface area contributed by atoms with E-state index < -0.39 is 5.97 Å². The zero-order valence-corrected chi connectivity index (χ0v) is 17.7. The predicted molar refractivity (Wildman–Crippen MR) is 127 cm³/mol. The van der Waals surface area contributed by atoms with E-state index in [0.29, 0.717) is 27.4 Å². The lowest BCUT2D eigenvalue weighted by Crippen LogP contribution is -2.08. The van der Waals surface area contributed by atoms with Crippen molar-refractivity contribution in [3.05, 3.63) is 114 Å². The lowest BCUT2D eigenvalue weighted by Gasteiger charge is -2.11. The fourth-order valence-corrected chi connectivity index (χ4v) is 3.66. The second kappa shape index (κ2) is 8.61. The van der Waals surface area contributed by atoms with Crippen molar-refractivity contribution in [3.8, 4) is 28.3 Å². The van der Waals surface area contributed by atoms with Gasteiger partial charge in [-0.15, -0.1) is 0 Å². The molecule has 32 heavy (non-hydrogen) atoms. The molecule has 0 atom stereocenters. The van der Waals surface area contributed by atoms with E-state index in [-0.39, 0.29) is 0 Å². The summed E-state index contributed by atoms with van der Waals surface area (Å²) in [7, 11) is 0. The number of fused-ring (bicyclic) bond motifs is 1. The van der Waals surface area contributed by atoms with Crippen molar-refractivity contribution in [3.63, 3.8) is 0 Å². The van der Waals surface area contributed by atoms with Gasteiger partial charge in [-0.3, -0.25) is 0 Å². The Balaban J connectivity index is 1.58. The van der Waals surface area contributed by atoms with Crippen LogP contribution in [0.15, 0.2) is 103 Å². The summed E-state index contributed by atoms with van der Waals surface area (Å²) in [5.74, 6) is -0.0905. The van der Waals surface area contributed by atoms with E-state index in [1.165, 1.54) is 0 Å². The number of ether oxygens (including phenoxy) is 1. The van der Waals surface area contributed by atoms with Gasteiger partial charge in [-0.05, 0) is 30.3 Å². The molecule has 1 aromatic heterocycles. The number of hydrogen-bond donors (Lipinski definition) is 0. The molecule has 0 aliphatic rings. The van der Waals surface area contributed by atoms with Crippen molar-refractivity contribution in [2.75, 3.05) is 0 Å². The molecule has 1 heterocycles. The summed E-state index contributed by atoms with van der Waals surface area (Å²) in [4.78, 5) is 22.3. The Morgan fingerprint density at radius 3 is 1.91 bits per heavy atom. The molecule has 0 aliphatic carbocycles. The Bertz CT molecular complexity index is 1420. The maximum atomic E-state index is 12.5. The molecular weight excluding hydrogens is 420 g/mol. The molecule has 0 aliphatic heterocycles. The van der Waals surface area contributed by atoms with E-state index in [1.807, 2.05) is 66.7 Å². The Labute approximate surface area is 190 Å². The minimum absolute atomic E-state index is 0.382. The number of esters is 1. The average molecular weight is 437 g/mol. The van der Waals surface area contributed by atoms with Gasteiger partial charge in [-0.25, -0.2) is 14.8 Å². The zero-order chi connectivity index (χ0) is 21.9. The molecular formula is C27H17ClN2O2. The lowest BCUT2D eigenvalue weighted by atomic mass is 10.0. The van der Waals surface area contributed by atoms with Crippen LogP contribution in [-0.2, 0) is 0 Å². The smallest absolute Gasteiger partial charge is 0.343 e. The predicted octanol–water partition coefficient (Wildman–Crippen LogP) is 6.84. The number of carbonyl (C=O) groups is 1. The van der Waals surface area contributed by atoms with Gasteiger partial charge in [0.1, 0.15) is 5.75 Å². The first-order valence-electron chi connectivity index (χ1n) is 10.1. The number of carbonyl (C=O) groups excluding carboxylic acids is 1. The Morgan fingerprint density at radius 1 is 0.656 bits per heavy atom. The van der Waals surface area contributed by atoms with Crippen LogP contribution in [0.1, 0.15) is 10.4 Å². The summed E-state index contributed by atoms with van der Waals surface area (Å²) in [6.45, 7) is 0. The van der Waals surface area contributed by atoms with E-state index >= 15 is 0 Å². The van der Waals surface area contributed by atoms with Crippen LogP contribution in [0.3, 0.4) is 0 Å². The standard InChI is InChI=1S/C27H17ClN2O2/c28-21-13-7-12-20(16-21)27(31)32-22-14-15-23-24(17-22)30-26(19-10-5-2-6-11-19)25(29-23)18-8-3-1-4-9-18/h1-17H. The van der Waals surface area contributed by atoms with Gasteiger partial charge in [0.25, 0.3) is 0 Å². The van der Waals surface area contributed by atoms with Crippen molar-refractivity contribution in [1.29, 1.82) is 0 Å². The van der Waals surface area contributed by atoms with Crippen molar-refractivity contribution in [2.24, 2.45) is 0 Å². The van der Waals surface area contributed by atoms with Crippen molar-refractivity contribution in [1.82, 2.24) is 9.97 Å². The molecule has 0 bridgehead atoms. The number of nitrogens with zero attached hydrogens (tertiary/aromatic N) is 2. The number of rotatable bonds is 4. The van der Waals surface area contributed by atoms with Gasteiger partial charge in [0.15, 0.2) is 0 Å². The van der Waals surface area contributed by atoms with Gasteiger partial charge in [0.2, 0.25) is 0 Å². The molecule has 4 nitrogen and oxygen atoms in total. The molecule has 0 radical (unpaired) electrons. The van der Waals surface area contributed by atoms with Gasteiger partial charge in [-0.1, -0.05) is 78.3 Å². The van der Waals surface area contributed by atoms with Crippen LogP contribution in [0.25, 0.3) is 33.5 Å². The quantitative estimate of drug-likeness (QED) is 0.228. The highest BCUT2D eigenvalue weighted by Crippen LogP contribution is 2.32. The number of hydrogen-bond acceptors (Lipinski definition) is 4. The molecule has 0 amide bonds. The highest BCUT2D eigenvalue weighted by molar-refractivity contribution is 6.30. The van der Waals surface area contributed by atoms with Gasteiger partial charge in [0, 0.05) is 22.2 Å². The summed E-state index contributed by atoms with van der Waals surface area (Å²) in [6, 6.07) is 31.8. The van der Waals surface area contributed by atoms with Crippen molar-refractivity contribution in [2.45, 2.75) is 0 Å². The van der Waals surface area contributed by atoms with Crippen LogP contribution in [0.2, 0.25) is 5.02 Å². The molecule has 0 spiro atoms. The van der Waals surface area contributed by atoms with E-state index in [2.05, 4.69) is 0 Å². The molecule has 0 saturated heterocycles. The third kappa shape index (κ3) is 4.09. The molecule has 0 saturated carbocycles. The molecule has 0 N–H and O–H groups in total. The van der Waals surface area contributed by atoms with Crippen LogP contribution in [0.4, 0.5) is 0 Å². The molecule has 5 heteroatoms. The molecule has 5 aromatic rings. The Hall–Kier alpha value is -4.02. The maximum Gasteiger partial charge on any atom is 0.343 e. The normalized spacial score (nSPS) is 10.8. The van der Waals surface area contributed by atoms with E-state index in [0.717, 1.165) is 22.5 Å². The summed E-state index contributed by atoms with van der Waals surface area (Å²) in [5, 5.41) is 0.477. The number of aromatic nitrogens is 2. The third-order valence-electron chi connectivity index (χ3n) is 5.00. The first kappa shape index (κ1) is 19.9. The maximum absolute atomic E-state index is 12.5. The molecule has 0 fully saturated rings. The van der Waals surface area contributed by atoms with Gasteiger partial charge in [-0.2, -0.15) is 0 Å². The average Bonchev–Trinajstić information content (AvgIpc) is 2.84. The summed E-state index contributed by atoms with van der Waals surface area (Å²) in [5.41, 5.74) is 5.24. The van der Waals surface area contributed by atoms with Gasteiger partial charge < -0.3 is 4.74 Å².